The van der Waals surface area contributed by atoms with Crippen molar-refractivity contribution in [1.82, 2.24) is 14.8 Å². The van der Waals surface area contributed by atoms with E-state index < -0.39 is 36.4 Å². The van der Waals surface area contributed by atoms with Crippen molar-refractivity contribution < 1.29 is 78.7 Å². The fourth-order valence-electron chi connectivity index (χ4n) is 4.74. The highest BCUT2D eigenvalue weighted by atomic mass is 19.4. The van der Waals surface area contributed by atoms with Gasteiger partial charge in [0.1, 0.15) is 0 Å². The van der Waals surface area contributed by atoms with Crippen molar-refractivity contribution in [2.75, 3.05) is 47.0 Å². The molecule has 3 N–H and O–H groups in total. The van der Waals surface area contributed by atoms with Crippen molar-refractivity contribution in [3.05, 3.63) is 23.9 Å². The zero-order chi connectivity index (χ0) is 36.2. The lowest BCUT2D eigenvalue weighted by Crippen LogP contribution is -2.40. The molecule has 3 heterocycles. The first-order chi connectivity index (χ1) is 21.5. The molecular weight excluding hydrogens is 665 g/mol. The molecule has 11 nitrogen and oxygen atoms in total. The number of carbonyl (C=O) groups is 3. The number of ether oxygens (including phenoxy) is 2. The van der Waals surface area contributed by atoms with E-state index in [1.807, 2.05) is 6.07 Å². The van der Waals surface area contributed by atoms with Crippen LogP contribution in [0.1, 0.15) is 37.7 Å². The summed E-state index contributed by atoms with van der Waals surface area (Å²) in [6.45, 7) is 6.41. The third-order valence-electron chi connectivity index (χ3n) is 7.32. The van der Waals surface area contributed by atoms with Gasteiger partial charge in [0.25, 0.3) is 0 Å². The lowest BCUT2D eigenvalue weighted by Gasteiger charge is -2.39. The number of likely N-dealkylation sites (N-methyl/N-ethyl adjacent to an activating group) is 1. The van der Waals surface area contributed by atoms with Gasteiger partial charge in [-0.3, -0.25) is 4.90 Å². The van der Waals surface area contributed by atoms with Crippen LogP contribution in [-0.4, -0.2) is 120 Å². The second-order valence-corrected chi connectivity index (χ2v) is 11.1. The van der Waals surface area contributed by atoms with Gasteiger partial charge in [0, 0.05) is 37.5 Å². The Morgan fingerprint density at radius 3 is 1.77 bits per heavy atom. The highest BCUT2D eigenvalue weighted by molar-refractivity contribution is 5.73. The van der Waals surface area contributed by atoms with Crippen LogP contribution in [0.25, 0.3) is 0 Å². The summed E-state index contributed by atoms with van der Waals surface area (Å²) in [5, 5.41) is 21.4. The molecule has 20 heteroatoms. The SMILES string of the molecule is COc1ncccc1CN1CCC2(CC1)CC(COCC1CC1)N(C)C2.O=C(O)C(F)(F)F.O=C(O)C(F)(F)F.O=C(O)C(F)(F)F. The summed E-state index contributed by atoms with van der Waals surface area (Å²) >= 11 is 0. The van der Waals surface area contributed by atoms with Gasteiger partial charge in [-0.2, -0.15) is 39.5 Å². The lowest BCUT2D eigenvalue weighted by molar-refractivity contribution is -0.193. The van der Waals surface area contributed by atoms with Gasteiger partial charge in [-0.1, -0.05) is 6.07 Å². The van der Waals surface area contributed by atoms with E-state index in [2.05, 4.69) is 27.9 Å². The highest BCUT2D eigenvalue weighted by Gasteiger charge is 2.44. The molecule has 1 saturated carbocycles. The first-order valence-corrected chi connectivity index (χ1v) is 13.9. The number of carboxylic acid groups (broad SMARTS) is 3. The summed E-state index contributed by atoms with van der Waals surface area (Å²) in [5.74, 6) is -6.64. The third kappa shape index (κ3) is 15.8. The molecule has 0 aromatic carbocycles. The third-order valence-corrected chi connectivity index (χ3v) is 7.32. The van der Waals surface area contributed by atoms with Crippen molar-refractivity contribution in [3.8, 4) is 5.88 Å². The van der Waals surface area contributed by atoms with Crippen LogP contribution in [0, 0.1) is 11.3 Å². The van der Waals surface area contributed by atoms with Crippen LogP contribution < -0.4 is 4.74 Å². The van der Waals surface area contributed by atoms with E-state index in [1.54, 1.807) is 13.3 Å². The number of hydrogen-bond acceptors (Lipinski definition) is 8. The molecule has 1 atom stereocenters. The van der Waals surface area contributed by atoms with E-state index >= 15 is 0 Å². The normalized spacial score (nSPS) is 19.7. The Morgan fingerprint density at radius 2 is 1.36 bits per heavy atom. The van der Waals surface area contributed by atoms with Crippen molar-refractivity contribution in [3.63, 3.8) is 0 Å². The van der Waals surface area contributed by atoms with Gasteiger partial charge in [0.15, 0.2) is 0 Å². The second-order valence-electron chi connectivity index (χ2n) is 11.1. The van der Waals surface area contributed by atoms with E-state index in [0.29, 0.717) is 11.5 Å². The molecule has 1 aromatic rings. The number of rotatable bonds is 7. The lowest BCUT2D eigenvalue weighted by atomic mass is 9.76. The minimum Gasteiger partial charge on any atom is -0.481 e. The predicted molar refractivity (Wildman–Crippen MR) is 143 cm³/mol. The number of methoxy groups -OCH3 is 1. The molecule has 47 heavy (non-hydrogen) atoms. The summed E-state index contributed by atoms with van der Waals surface area (Å²) < 4.78 is 107. The molecule has 0 amide bonds. The Hall–Kier alpha value is -3.39. The van der Waals surface area contributed by atoms with Gasteiger partial charge in [-0.25, -0.2) is 19.4 Å². The van der Waals surface area contributed by atoms with Gasteiger partial charge in [0.2, 0.25) is 5.88 Å². The standard InChI is InChI=1S/C21H33N3O2.3C2HF3O2/c1-23-16-21(12-19(23)15-26-14-17-5-6-17)7-10-24(11-8-21)13-18-4-3-9-22-20(18)25-2;3*3-2(4,5)1(6)7/h3-4,9,17,19H,5-8,10-16H2,1-2H3;3*(H,6,7). The number of nitrogens with zero attached hydrogens (tertiary/aromatic N) is 3. The van der Waals surface area contributed by atoms with Crippen molar-refractivity contribution >= 4 is 17.9 Å². The molecule has 1 unspecified atom stereocenters. The minimum absolute atomic E-state index is 0.498. The van der Waals surface area contributed by atoms with Crippen molar-refractivity contribution in [1.29, 1.82) is 0 Å². The zero-order valence-corrected chi connectivity index (χ0v) is 25.3. The van der Waals surface area contributed by atoms with E-state index in [4.69, 9.17) is 39.2 Å². The van der Waals surface area contributed by atoms with Gasteiger partial charge >= 0.3 is 36.4 Å². The van der Waals surface area contributed by atoms with Gasteiger partial charge in [0.05, 0.1) is 13.7 Å². The summed E-state index contributed by atoms with van der Waals surface area (Å²) in [7, 11) is 3.99. The number of halogens is 9. The van der Waals surface area contributed by atoms with Crippen LogP contribution in [0.4, 0.5) is 39.5 Å². The topological polar surface area (TPSA) is 150 Å². The quantitative estimate of drug-likeness (QED) is 0.340. The Balaban J connectivity index is 0.000000430. The van der Waals surface area contributed by atoms with E-state index in [9.17, 15) is 39.5 Å². The van der Waals surface area contributed by atoms with Crippen LogP contribution in [0.15, 0.2) is 18.3 Å². The molecule has 0 radical (unpaired) electrons. The molecule has 1 spiro atoms. The first kappa shape index (κ1) is 41.6. The molecule has 2 aliphatic heterocycles. The molecule has 1 aliphatic carbocycles. The number of aromatic nitrogens is 1. The second kappa shape index (κ2) is 17.7. The molecular formula is C27H36F9N3O8. The Morgan fingerprint density at radius 1 is 0.894 bits per heavy atom. The molecule has 3 fully saturated rings. The number of pyridine rings is 1. The van der Waals surface area contributed by atoms with Crippen LogP contribution in [0.3, 0.4) is 0 Å². The average Bonchev–Trinajstić information content (AvgIpc) is 3.73. The van der Waals surface area contributed by atoms with Gasteiger partial charge in [-0.15, -0.1) is 0 Å². The Kier molecular flexibility index (Phi) is 15.7. The van der Waals surface area contributed by atoms with Crippen molar-refractivity contribution in [2.45, 2.75) is 63.2 Å². The maximum absolute atomic E-state index is 10.6. The monoisotopic (exact) mass is 701 g/mol. The first-order valence-electron chi connectivity index (χ1n) is 13.9. The van der Waals surface area contributed by atoms with Gasteiger partial charge in [-0.05, 0) is 69.6 Å². The molecule has 2 saturated heterocycles. The fourth-order valence-corrected chi connectivity index (χ4v) is 4.74. The van der Waals surface area contributed by atoms with E-state index in [0.717, 1.165) is 31.6 Å². The highest BCUT2D eigenvalue weighted by Crippen LogP contribution is 2.43. The molecule has 3 aliphatic rings. The summed E-state index contributed by atoms with van der Waals surface area (Å²) in [5.41, 5.74) is 1.69. The van der Waals surface area contributed by atoms with Crippen LogP contribution in [-0.2, 0) is 25.7 Å². The number of likely N-dealkylation sites (tertiary alicyclic amines) is 2. The number of aliphatic carboxylic acids is 3. The van der Waals surface area contributed by atoms with E-state index in [1.165, 1.54) is 57.3 Å². The predicted octanol–water partition coefficient (Wildman–Crippen LogP) is 4.70. The average molecular weight is 702 g/mol. The number of alkyl halides is 9. The van der Waals surface area contributed by atoms with Gasteiger partial charge < -0.3 is 29.7 Å². The fraction of sp³-hybridized carbons (Fsp3) is 0.704. The van der Waals surface area contributed by atoms with Crippen LogP contribution >= 0.6 is 0 Å². The maximum Gasteiger partial charge on any atom is 0.490 e. The Labute approximate surface area is 263 Å². The Bertz CT molecular complexity index is 1100. The van der Waals surface area contributed by atoms with E-state index in [-0.39, 0.29) is 0 Å². The number of carboxylic acids is 3. The molecule has 270 valence electrons. The molecule has 1 aromatic heterocycles. The molecule has 0 bridgehead atoms. The smallest absolute Gasteiger partial charge is 0.481 e. The number of piperidine rings is 1. The summed E-state index contributed by atoms with van der Waals surface area (Å²) in [4.78, 5) is 36.1. The van der Waals surface area contributed by atoms with Crippen LogP contribution in [0.5, 0.6) is 5.88 Å². The largest absolute Gasteiger partial charge is 0.490 e. The number of hydrogen-bond donors (Lipinski definition) is 3. The molecule has 4 rings (SSSR count). The maximum atomic E-state index is 10.6. The van der Waals surface area contributed by atoms with Crippen molar-refractivity contribution in [2.24, 2.45) is 11.3 Å². The van der Waals surface area contributed by atoms with Crippen LogP contribution in [0.2, 0.25) is 0 Å². The summed E-state index contributed by atoms with van der Waals surface area (Å²) in [6.07, 6.45) is -6.81. The minimum atomic E-state index is -5.08. The summed E-state index contributed by atoms with van der Waals surface area (Å²) in [6, 6.07) is 4.74. The zero-order valence-electron chi connectivity index (χ0n) is 25.3.